The molecule has 2 aromatic carbocycles. The Labute approximate surface area is 189 Å². The number of hydrogen-bond donors (Lipinski definition) is 2. The van der Waals surface area contributed by atoms with E-state index in [9.17, 15) is 29.8 Å². The third kappa shape index (κ3) is 8.09. The molecule has 33 heavy (non-hydrogen) atoms. The molecule has 2 amide bonds. The van der Waals surface area contributed by atoms with Gasteiger partial charge in [-0.2, -0.15) is 0 Å². The van der Waals surface area contributed by atoms with Crippen LogP contribution in [0.1, 0.15) is 20.3 Å². The number of rotatable bonds is 12. The molecule has 2 aromatic rings. The van der Waals surface area contributed by atoms with E-state index in [2.05, 4.69) is 10.6 Å². The van der Waals surface area contributed by atoms with Gasteiger partial charge in [0.05, 0.1) is 9.85 Å². The highest BCUT2D eigenvalue weighted by Crippen LogP contribution is 2.19. The molecule has 2 unspecified atom stereocenters. The Morgan fingerprint density at radius 2 is 1.09 bits per heavy atom. The number of non-ortho nitro benzene ring substituents is 2. The summed E-state index contributed by atoms with van der Waals surface area (Å²) in [4.78, 5) is 44.5. The minimum absolute atomic E-state index is 0.0750. The Morgan fingerprint density at radius 1 is 0.758 bits per heavy atom. The van der Waals surface area contributed by atoms with Gasteiger partial charge >= 0.3 is 0 Å². The number of carbonyl (C=O) groups is 2. The van der Waals surface area contributed by atoms with Crippen LogP contribution in [0.15, 0.2) is 48.5 Å². The highest BCUT2D eigenvalue weighted by atomic mass is 16.6. The van der Waals surface area contributed by atoms with Gasteiger partial charge in [-0.1, -0.05) is 0 Å². The summed E-state index contributed by atoms with van der Waals surface area (Å²) in [6, 6.07) is 10.8. The molecule has 2 atom stereocenters. The number of nitrogens with one attached hydrogen (secondary N) is 2. The molecule has 0 aliphatic rings. The zero-order chi connectivity index (χ0) is 24.4. The molecule has 0 radical (unpaired) electrons. The van der Waals surface area contributed by atoms with E-state index >= 15 is 0 Å². The molecule has 0 aliphatic heterocycles. The largest absolute Gasteiger partial charge is 0.481 e. The van der Waals surface area contributed by atoms with Crippen molar-refractivity contribution >= 4 is 23.2 Å². The van der Waals surface area contributed by atoms with Gasteiger partial charge in [-0.05, 0) is 44.5 Å². The first-order valence-corrected chi connectivity index (χ1v) is 10.0. The molecule has 0 aromatic heterocycles. The predicted octanol–water partition coefficient (Wildman–Crippen LogP) is 2.36. The third-order valence-electron chi connectivity index (χ3n) is 4.41. The maximum Gasteiger partial charge on any atom is 0.269 e. The summed E-state index contributed by atoms with van der Waals surface area (Å²) in [6.45, 7) is 3.70. The lowest BCUT2D eigenvalue weighted by Gasteiger charge is -2.16. The average Bonchev–Trinajstić information content (AvgIpc) is 2.79. The molecule has 0 spiro atoms. The van der Waals surface area contributed by atoms with Crippen molar-refractivity contribution in [1.29, 1.82) is 0 Å². The molecular weight excluding hydrogens is 436 g/mol. The van der Waals surface area contributed by atoms with Crippen molar-refractivity contribution in [3.05, 3.63) is 68.8 Å². The second-order valence-electron chi connectivity index (χ2n) is 6.96. The number of carbonyl (C=O) groups excluding carboxylic acids is 2. The zero-order valence-electron chi connectivity index (χ0n) is 18.1. The van der Waals surface area contributed by atoms with Gasteiger partial charge in [0.15, 0.2) is 12.2 Å². The Bertz CT molecular complexity index is 899. The summed E-state index contributed by atoms with van der Waals surface area (Å²) >= 11 is 0. The lowest BCUT2D eigenvalue weighted by atomic mass is 10.3. The molecule has 2 rings (SSSR count). The van der Waals surface area contributed by atoms with E-state index in [1.54, 1.807) is 13.8 Å². The molecular formula is C21H24N4O8. The smallest absolute Gasteiger partial charge is 0.269 e. The van der Waals surface area contributed by atoms with Crippen molar-refractivity contribution in [2.75, 3.05) is 13.1 Å². The lowest BCUT2D eigenvalue weighted by Crippen LogP contribution is -2.39. The normalized spacial score (nSPS) is 12.2. The third-order valence-corrected chi connectivity index (χ3v) is 4.41. The van der Waals surface area contributed by atoms with Crippen LogP contribution in [0.5, 0.6) is 11.5 Å². The molecule has 0 fully saturated rings. The first-order valence-electron chi connectivity index (χ1n) is 10.0. The number of nitrogens with zero attached hydrogens (tertiary/aromatic N) is 2. The van der Waals surface area contributed by atoms with Crippen molar-refractivity contribution in [2.24, 2.45) is 0 Å². The Kier molecular flexibility index (Phi) is 9.09. The Hall–Kier alpha value is -4.22. The van der Waals surface area contributed by atoms with E-state index in [4.69, 9.17) is 9.47 Å². The fourth-order valence-electron chi connectivity index (χ4n) is 2.61. The minimum atomic E-state index is -0.809. The van der Waals surface area contributed by atoms with Crippen LogP contribution in [0.3, 0.4) is 0 Å². The molecule has 12 heteroatoms. The summed E-state index contributed by atoms with van der Waals surface area (Å²) < 4.78 is 10.9. The van der Waals surface area contributed by atoms with E-state index in [-0.39, 0.29) is 23.2 Å². The number of ether oxygens (including phenoxy) is 2. The molecule has 0 heterocycles. The highest BCUT2D eigenvalue weighted by molar-refractivity contribution is 5.81. The zero-order valence-corrected chi connectivity index (χ0v) is 18.1. The quantitative estimate of drug-likeness (QED) is 0.277. The van der Waals surface area contributed by atoms with Gasteiger partial charge in [-0.15, -0.1) is 0 Å². The molecule has 0 saturated carbocycles. The van der Waals surface area contributed by atoms with Gasteiger partial charge in [-0.25, -0.2) is 0 Å². The van der Waals surface area contributed by atoms with Crippen molar-refractivity contribution < 1.29 is 28.9 Å². The van der Waals surface area contributed by atoms with Crippen LogP contribution in [-0.2, 0) is 9.59 Å². The second-order valence-corrected chi connectivity index (χ2v) is 6.96. The van der Waals surface area contributed by atoms with E-state index in [1.807, 2.05) is 0 Å². The van der Waals surface area contributed by atoms with Gasteiger partial charge in [0.1, 0.15) is 11.5 Å². The van der Waals surface area contributed by atoms with Crippen LogP contribution in [-0.4, -0.2) is 47.0 Å². The van der Waals surface area contributed by atoms with Crippen LogP contribution in [0.2, 0.25) is 0 Å². The van der Waals surface area contributed by atoms with Gasteiger partial charge in [0, 0.05) is 37.4 Å². The number of nitro benzene ring substituents is 2. The van der Waals surface area contributed by atoms with Crippen LogP contribution in [0.4, 0.5) is 11.4 Å². The topological polar surface area (TPSA) is 163 Å². The fourth-order valence-corrected chi connectivity index (χ4v) is 2.61. The first-order chi connectivity index (χ1) is 15.7. The van der Waals surface area contributed by atoms with Crippen LogP contribution >= 0.6 is 0 Å². The van der Waals surface area contributed by atoms with Crippen molar-refractivity contribution in [1.82, 2.24) is 10.6 Å². The molecule has 12 nitrogen and oxygen atoms in total. The van der Waals surface area contributed by atoms with E-state index in [0.717, 1.165) is 0 Å². The number of benzene rings is 2. The van der Waals surface area contributed by atoms with Crippen molar-refractivity contribution in [3.63, 3.8) is 0 Å². The minimum Gasteiger partial charge on any atom is -0.481 e. The molecule has 0 saturated heterocycles. The van der Waals surface area contributed by atoms with Crippen LogP contribution < -0.4 is 20.1 Å². The van der Waals surface area contributed by atoms with Crippen LogP contribution in [0.25, 0.3) is 0 Å². The highest BCUT2D eigenvalue weighted by Gasteiger charge is 2.16. The summed E-state index contributed by atoms with van der Waals surface area (Å²) in [6.07, 6.45) is -1.15. The Morgan fingerprint density at radius 3 is 1.39 bits per heavy atom. The van der Waals surface area contributed by atoms with Crippen LogP contribution in [0, 0.1) is 20.2 Å². The second kappa shape index (κ2) is 12.0. The maximum atomic E-state index is 12.1. The Balaban J connectivity index is 1.65. The summed E-state index contributed by atoms with van der Waals surface area (Å²) in [5.74, 6) is -0.0702. The number of hydrogen-bond acceptors (Lipinski definition) is 8. The van der Waals surface area contributed by atoms with Gasteiger partial charge in [-0.3, -0.25) is 29.8 Å². The van der Waals surface area contributed by atoms with Crippen molar-refractivity contribution in [3.8, 4) is 11.5 Å². The first kappa shape index (κ1) is 25.0. The molecule has 2 N–H and O–H groups in total. The monoisotopic (exact) mass is 460 g/mol. The fraction of sp³-hybridized carbons (Fsp3) is 0.333. The van der Waals surface area contributed by atoms with E-state index in [1.165, 1.54) is 48.5 Å². The van der Waals surface area contributed by atoms with E-state index < -0.39 is 22.1 Å². The predicted molar refractivity (Wildman–Crippen MR) is 117 cm³/mol. The van der Waals surface area contributed by atoms with E-state index in [0.29, 0.717) is 31.0 Å². The molecule has 176 valence electrons. The molecule has 0 bridgehead atoms. The SMILES string of the molecule is CC(Oc1ccc([N+](=O)[O-])cc1)C(=O)NCCCNC(=O)C(C)Oc1ccc([N+](=O)[O-])cc1. The summed E-state index contributed by atoms with van der Waals surface area (Å²) in [7, 11) is 0. The lowest BCUT2D eigenvalue weighted by molar-refractivity contribution is -0.385. The maximum absolute atomic E-state index is 12.1. The number of amides is 2. The average molecular weight is 460 g/mol. The van der Waals surface area contributed by atoms with Gasteiger partial charge in [0.2, 0.25) is 0 Å². The standard InChI is InChI=1S/C21H24N4O8/c1-14(32-18-8-4-16(5-9-18)24(28)29)20(26)22-12-3-13-23-21(27)15(2)33-19-10-6-17(7-11-19)25(30)31/h4-11,14-15H,3,12-13H2,1-2H3,(H,22,26)(H,23,27). The summed E-state index contributed by atoms with van der Waals surface area (Å²) in [5, 5.41) is 26.7. The number of nitro groups is 2. The van der Waals surface area contributed by atoms with Gasteiger partial charge in [0.25, 0.3) is 23.2 Å². The van der Waals surface area contributed by atoms with Crippen molar-refractivity contribution in [2.45, 2.75) is 32.5 Å². The summed E-state index contributed by atoms with van der Waals surface area (Å²) in [5.41, 5.74) is -0.150. The molecule has 0 aliphatic carbocycles. The van der Waals surface area contributed by atoms with Gasteiger partial charge < -0.3 is 20.1 Å².